The summed E-state index contributed by atoms with van der Waals surface area (Å²) in [6, 6.07) is 0. The lowest BCUT2D eigenvalue weighted by molar-refractivity contribution is -0.129. The number of allylic oxidation sites excluding steroid dienone is 2. The molecule has 4 nitrogen and oxygen atoms in total. The van der Waals surface area contributed by atoms with E-state index in [0.717, 1.165) is 25.0 Å². The summed E-state index contributed by atoms with van der Waals surface area (Å²) in [6.45, 7) is 5.18. The molecular weight excluding hydrogens is 216 g/mol. The molecule has 0 saturated carbocycles. The molecule has 1 aliphatic carbocycles. The van der Waals surface area contributed by atoms with Crippen LogP contribution in [0, 0.1) is 0 Å². The van der Waals surface area contributed by atoms with E-state index in [4.69, 9.17) is 5.11 Å². The topological polar surface area (TPSA) is 43.8 Å². The summed E-state index contributed by atoms with van der Waals surface area (Å²) < 4.78 is 0. The number of amides is 1. The maximum absolute atomic E-state index is 12.0. The van der Waals surface area contributed by atoms with Gasteiger partial charge in [0, 0.05) is 25.8 Å². The van der Waals surface area contributed by atoms with Gasteiger partial charge in [0.15, 0.2) is 0 Å². The lowest BCUT2D eigenvalue weighted by Gasteiger charge is -2.24. The minimum absolute atomic E-state index is 0.0630. The van der Waals surface area contributed by atoms with Gasteiger partial charge in [-0.1, -0.05) is 12.2 Å². The van der Waals surface area contributed by atoms with Crippen molar-refractivity contribution in [3.05, 3.63) is 24.4 Å². The molecule has 96 valence electrons. The third kappa shape index (κ3) is 4.32. The first kappa shape index (κ1) is 13.9. The van der Waals surface area contributed by atoms with Crippen LogP contribution in [0.2, 0.25) is 0 Å². The lowest BCUT2D eigenvalue weighted by atomic mass is 10.3. The van der Waals surface area contributed by atoms with E-state index in [2.05, 4.69) is 12.7 Å². The van der Waals surface area contributed by atoms with Gasteiger partial charge < -0.3 is 10.0 Å². The highest BCUT2D eigenvalue weighted by Gasteiger charge is 2.18. The average Bonchev–Trinajstić information content (AvgIpc) is 2.82. The van der Waals surface area contributed by atoms with Gasteiger partial charge in [-0.05, 0) is 19.3 Å². The predicted molar refractivity (Wildman–Crippen MR) is 68.4 cm³/mol. The standard InChI is InChI=1S/C13H22N2O2/c1-3-8-15(9-10-16)11-13(17)14(2)12-6-4-5-7-12/h3,6,16H,1,4-5,7-11H2,2H3. The molecule has 17 heavy (non-hydrogen) atoms. The molecule has 1 N–H and O–H groups in total. The van der Waals surface area contributed by atoms with Crippen molar-refractivity contribution in [2.45, 2.75) is 19.3 Å². The Morgan fingerprint density at radius 1 is 1.65 bits per heavy atom. The second-order valence-corrected chi connectivity index (χ2v) is 4.29. The minimum Gasteiger partial charge on any atom is -0.395 e. The van der Waals surface area contributed by atoms with E-state index in [1.54, 1.807) is 11.0 Å². The van der Waals surface area contributed by atoms with Crippen LogP contribution in [0.5, 0.6) is 0 Å². The van der Waals surface area contributed by atoms with E-state index in [0.29, 0.717) is 19.6 Å². The first-order chi connectivity index (χ1) is 8.19. The lowest BCUT2D eigenvalue weighted by Crippen LogP contribution is -2.39. The molecule has 0 heterocycles. The van der Waals surface area contributed by atoms with Crippen LogP contribution < -0.4 is 0 Å². The normalized spacial score (nSPS) is 14.9. The SMILES string of the molecule is C=CCN(CCO)CC(=O)N(C)C1=CCCC1. The number of nitrogens with zero attached hydrogens (tertiary/aromatic N) is 2. The van der Waals surface area contributed by atoms with Crippen molar-refractivity contribution in [1.29, 1.82) is 0 Å². The van der Waals surface area contributed by atoms with Gasteiger partial charge in [-0.25, -0.2) is 0 Å². The quantitative estimate of drug-likeness (QED) is 0.673. The zero-order chi connectivity index (χ0) is 12.7. The molecule has 0 radical (unpaired) electrons. The van der Waals surface area contributed by atoms with Crippen molar-refractivity contribution in [2.75, 3.05) is 33.3 Å². The minimum atomic E-state index is 0.0630. The zero-order valence-electron chi connectivity index (χ0n) is 10.6. The molecule has 0 atom stereocenters. The fourth-order valence-electron chi connectivity index (χ4n) is 1.97. The van der Waals surface area contributed by atoms with Crippen molar-refractivity contribution in [1.82, 2.24) is 9.80 Å². The molecule has 1 amide bonds. The van der Waals surface area contributed by atoms with Gasteiger partial charge in [0.05, 0.1) is 13.2 Å². The Bertz CT molecular complexity index is 300. The van der Waals surface area contributed by atoms with Crippen molar-refractivity contribution >= 4 is 5.91 Å². The van der Waals surface area contributed by atoms with Gasteiger partial charge in [0.1, 0.15) is 0 Å². The number of carbonyl (C=O) groups is 1. The van der Waals surface area contributed by atoms with Gasteiger partial charge in [-0.2, -0.15) is 0 Å². The van der Waals surface area contributed by atoms with Crippen LogP contribution >= 0.6 is 0 Å². The molecule has 0 bridgehead atoms. The summed E-state index contributed by atoms with van der Waals surface area (Å²) in [5.41, 5.74) is 1.12. The maximum Gasteiger partial charge on any atom is 0.240 e. The van der Waals surface area contributed by atoms with E-state index >= 15 is 0 Å². The zero-order valence-corrected chi connectivity index (χ0v) is 10.6. The number of aliphatic hydroxyl groups excluding tert-OH is 1. The molecule has 0 aromatic heterocycles. The third-order valence-electron chi connectivity index (χ3n) is 2.98. The average molecular weight is 238 g/mol. The highest BCUT2D eigenvalue weighted by molar-refractivity contribution is 5.79. The van der Waals surface area contributed by atoms with Gasteiger partial charge in [0.2, 0.25) is 5.91 Å². The number of rotatable bonds is 7. The van der Waals surface area contributed by atoms with Crippen molar-refractivity contribution in [2.24, 2.45) is 0 Å². The molecule has 1 rings (SSSR count). The fraction of sp³-hybridized carbons (Fsp3) is 0.615. The van der Waals surface area contributed by atoms with Gasteiger partial charge in [-0.3, -0.25) is 9.69 Å². The molecule has 4 heteroatoms. The maximum atomic E-state index is 12.0. The summed E-state index contributed by atoms with van der Waals surface area (Å²) in [4.78, 5) is 15.6. The third-order valence-corrected chi connectivity index (χ3v) is 2.98. The molecule has 0 saturated heterocycles. The summed E-state index contributed by atoms with van der Waals surface area (Å²) in [5.74, 6) is 0.0773. The van der Waals surface area contributed by atoms with Crippen molar-refractivity contribution < 1.29 is 9.90 Å². The van der Waals surface area contributed by atoms with Crippen molar-refractivity contribution in [3.63, 3.8) is 0 Å². The van der Waals surface area contributed by atoms with Crippen LogP contribution in [0.25, 0.3) is 0 Å². The van der Waals surface area contributed by atoms with E-state index in [1.807, 2.05) is 11.9 Å². The Morgan fingerprint density at radius 2 is 2.41 bits per heavy atom. The smallest absolute Gasteiger partial charge is 0.240 e. The molecule has 1 aliphatic rings. The van der Waals surface area contributed by atoms with Crippen LogP contribution in [0.4, 0.5) is 0 Å². The van der Waals surface area contributed by atoms with Crippen LogP contribution in [-0.2, 0) is 4.79 Å². The van der Waals surface area contributed by atoms with Gasteiger partial charge >= 0.3 is 0 Å². The highest BCUT2D eigenvalue weighted by Crippen LogP contribution is 2.20. The second kappa shape index (κ2) is 7.25. The van der Waals surface area contributed by atoms with Gasteiger partial charge in [0.25, 0.3) is 0 Å². The van der Waals surface area contributed by atoms with Crippen LogP contribution in [0.3, 0.4) is 0 Å². The molecule has 0 aromatic rings. The molecular formula is C13H22N2O2. The Kier molecular flexibility index (Phi) is 5.94. The monoisotopic (exact) mass is 238 g/mol. The fourth-order valence-corrected chi connectivity index (χ4v) is 1.97. The van der Waals surface area contributed by atoms with E-state index in [9.17, 15) is 4.79 Å². The Labute approximate surface area is 103 Å². The summed E-state index contributed by atoms with van der Waals surface area (Å²) in [7, 11) is 1.82. The number of hydrogen-bond acceptors (Lipinski definition) is 3. The molecule has 0 aromatic carbocycles. The van der Waals surface area contributed by atoms with Crippen LogP contribution in [0.15, 0.2) is 24.4 Å². The van der Waals surface area contributed by atoms with E-state index in [1.165, 1.54) is 0 Å². The largest absolute Gasteiger partial charge is 0.395 e. The van der Waals surface area contributed by atoms with Crippen LogP contribution in [-0.4, -0.2) is 54.1 Å². The van der Waals surface area contributed by atoms with E-state index < -0.39 is 0 Å². The molecule has 0 aliphatic heterocycles. The Morgan fingerprint density at radius 3 is 2.94 bits per heavy atom. The number of hydrogen-bond donors (Lipinski definition) is 1. The number of carbonyl (C=O) groups excluding carboxylic acids is 1. The first-order valence-electron chi connectivity index (χ1n) is 6.08. The Balaban J connectivity index is 2.47. The van der Waals surface area contributed by atoms with Gasteiger partial charge in [-0.15, -0.1) is 6.58 Å². The molecule has 0 fully saturated rings. The predicted octanol–water partition coefficient (Wildman–Crippen LogP) is 0.993. The van der Waals surface area contributed by atoms with Crippen molar-refractivity contribution in [3.8, 4) is 0 Å². The van der Waals surface area contributed by atoms with Crippen LogP contribution in [0.1, 0.15) is 19.3 Å². The molecule has 0 unspecified atom stereocenters. The summed E-state index contributed by atoms with van der Waals surface area (Å²) >= 11 is 0. The number of likely N-dealkylation sites (N-methyl/N-ethyl adjacent to an activating group) is 1. The van der Waals surface area contributed by atoms with E-state index in [-0.39, 0.29) is 12.5 Å². The molecule has 0 spiro atoms. The second-order valence-electron chi connectivity index (χ2n) is 4.29. The summed E-state index contributed by atoms with van der Waals surface area (Å²) in [6.07, 6.45) is 7.07. The highest BCUT2D eigenvalue weighted by atomic mass is 16.3. The Hall–Kier alpha value is -1.13. The summed E-state index contributed by atoms with van der Waals surface area (Å²) in [5, 5.41) is 8.91. The first-order valence-corrected chi connectivity index (χ1v) is 6.08. The number of aliphatic hydroxyl groups is 1.